The second-order valence-electron chi connectivity index (χ2n) is 6.50. The van der Waals surface area contributed by atoms with Gasteiger partial charge in [-0.05, 0) is 49.9 Å². The molecule has 7 heteroatoms. The number of aromatic nitrogens is 1. The van der Waals surface area contributed by atoms with E-state index in [1.54, 1.807) is 21.8 Å². The van der Waals surface area contributed by atoms with Crippen LogP contribution in [0.25, 0.3) is 10.6 Å². The van der Waals surface area contributed by atoms with Crippen molar-refractivity contribution in [3.8, 4) is 10.6 Å². The summed E-state index contributed by atoms with van der Waals surface area (Å²) in [5, 5.41) is 2.35. The predicted molar refractivity (Wildman–Crippen MR) is 91.8 cm³/mol. The fraction of sp³-hybridized carbons (Fsp3) is 0.471. The molecule has 128 valence electrons. The van der Waals surface area contributed by atoms with Crippen molar-refractivity contribution in [1.29, 1.82) is 0 Å². The highest BCUT2D eigenvalue weighted by molar-refractivity contribution is 7.89. The Balaban J connectivity index is 1.65. The summed E-state index contributed by atoms with van der Waals surface area (Å²) >= 11 is 1.29. The van der Waals surface area contributed by atoms with E-state index in [-0.39, 0.29) is 22.9 Å². The van der Waals surface area contributed by atoms with Crippen LogP contribution in [0.3, 0.4) is 0 Å². The maximum absolute atomic E-state index is 13.1. The Labute approximate surface area is 145 Å². The Morgan fingerprint density at radius 2 is 1.67 bits per heavy atom. The number of hydrogen-bond donors (Lipinski definition) is 0. The van der Waals surface area contributed by atoms with Crippen LogP contribution in [0, 0.1) is 5.82 Å². The summed E-state index contributed by atoms with van der Waals surface area (Å²) in [4.78, 5) is 4.35. The monoisotopic (exact) mass is 366 g/mol. The largest absolute Gasteiger partial charge is 0.261 e. The minimum Gasteiger partial charge on any atom is -0.223 e. The number of benzene rings is 1. The van der Waals surface area contributed by atoms with Crippen LogP contribution in [-0.2, 0) is 10.0 Å². The summed E-state index contributed by atoms with van der Waals surface area (Å²) in [6.07, 6.45) is 5.99. The Hall–Kier alpha value is -1.31. The van der Waals surface area contributed by atoms with Crippen LogP contribution >= 0.6 is 11.3 Å². The molecule has 0 aliphatic heterocycles. The molecule has 0 saturated heterocycles. The third-order valence-electron chi connectivity index (χ3n) is 4.71. The first-order valence-corrected chi connectivity index (χ1v) is 10.6. The van der Waals surface area contributed by atoms with Crippen LogP contribution in [0.15, 0.2) is 34.7 Å². The molecule has 0 spiro atoms. The van der Waals surface area contributed by atoms with E-state index >= 15 is 0 Å². The number of rotatable bonds is 5. The average Bonchev–Trinajstić information content (AvgIpc) is 3.04. The fourth-order valence-corrected chi connectivity index (χ4v) is 6.40. The van der Waals surface area contributed by atoms with Gasteiger partial charge in [0.25, 0.3) is 10.0 Å². The molecule has 2 aliphatic rings. The lowest BCUT2D eigenvalue weighted by Crippen LogP contribution is -2.40. The average molecular weight is 366 g/mol. The predicted octanol–water partition coefficient (Wildman–Crippen LogP) is 4.04. The normalized spacial score (nSPS) is 19.2. The fourth-order valence-electron chi connectivity index (χ4n) is 3.39. The molecule has 4 nitrogen and oxygen atoms in total. The zero-order valence-electron chi connectivity index (χ0n) is 13.2. The molecule has 0 unspecified atom stereocenters. The zero-order chi connectivity index (χ0) is 16.7. The van der Waals surface area contributed by atoms with Crippen molar-refractivity contribution in [2.24, 2.45) is 0 Å². The molecule has 0 bridgehead atoms. The first-order valence-electron chi connectivity index (χ1n) is 8.31. The van der Waals surface area contributed by atoms with Gasteiger partial charge in [-0.1, -0.05) is 12.8 Å². The Bertz CT molecular complexity index is 823. The van der Waals surface area contributed by atoms with Crippen molar-refractivity contribution < 1.29 is 12.8 Å². The molecule has 1 aromatic heterocycles. The van der Waals surface area contributed by atoms with E-state index in [1.807, 2.05) is 0 Å². The SMILES string of the molecule is O=S(=O)(c1csc(-c2ccc(F)cc2)n1)N(C1CCCC1)C1CC1. The van der Waals surface area contributed by atoms with Gasteiger partial charge in [-0.2, -0.15) is 4.31 Å². The molecule has 2 fully saturated rings. The molecule has 0 atom stereocenters. The van der Waals surface area contributed by atoms with E-state index in [9.17, 15) is 12.8 Å². The third kappa shape index (κ3) is 3.00. The zero-order valence-corrected chi connectivity index (χ0v) is 14.8. The number of nitrogens with zero attached hydrogens (tertiary/aromatic N) is 2. The summed E-state index contributed by atoms with van der Waals surface area (Å²) in [5.41, 5.74) is 0.738. The van der Waals surface area contributed by atoms with E-state index in [0.717, 1.165) is 44.1 Å². The van der Waals surface area contributed by atoms with Gasteiger partial charge >= 0.3 is 0 Å². The van der Waals surface area contributed by atoms with Crippen molar-refractivity contribution in [3.05, 3.63) is 35.5 Å². The lowest BCUT2D eigenvalue weighted by molar-refractivity contribution is 0.313. The molecule has 1 heterocycles. The van der Waals surface area contributed by atoms with Crippen molar-refractivity contribution in [1.82, 2.24) is 9.29 Å². The number of hydrogen-bond acceptors (Lipinski definition) is 4. The number of sulfonamides is 1. The van der Waals surface area contributed by atoms with Gasteiger partial charge < -0.3 is 0 Å². The minimum absolute atomic E-state index is 0.124. The first kappa shape index (κ1) is 16.2. The molecule has 1 aromatic carbocycles. The molecule has 0 amide bonds. The van der Waals surface area contributed by atoms with Gasteiger partial charge in [-0.3, -0.25) is 0 Å². The van der Waals surface area contributed by atoms with Gasteiger partial charge in [0.15, 0.2) is 5.03 Å². The quantitative estimate of drug-likeness (QED) is 0.802. The van der Waals surface area contributed by atoms with Crippen LogP contribution in [0.1, 0.15) is 38.5 Å². The van der Waals surface area contributed by atoms with Crippen LogP contribution in [0.2, 0.25) is 0 Å². The summed E-state index contributed by atoms with van der Waals surface area (Å²) in [7, 11) is -3.56. The van der Waals surface area contributed by atoms with Crippen LogP contribution in [0.5, 0.6) is 0 Å². The molecule has 0 radical (unpaired) electrons. The molecule has 2 saturated carbocycles. The Morgan fingerprint density at radius 1 is 1.04 bits per heavy atom. The van der Waals surface area contributed by atoms with Crippen LogP contribution in [0.4, 0.5) is 4.39 Å². The van der Waals surface area contributed by atoms with Crippen LogP contribution in [-0.4, -0.2) is 29.8 Å². The topological polar surface area (TPSA) is 50.3 Å². The van der Waals surface area contributed by atoms with Gasteiger partial charge in [0.1, 0.15) is 10.8 Å². The van der Waals surface area contributed by atoms with Crippen LogP contribution < -0.4 is 0 Å². The second-order valence-corrected chi connectivity index (χ2v) is 9.15. The van der Waals surface area contributed by atoms with Crippen molar-refractivity contribution >= 4 is 21.4 Å². The standard InChI is InChI=1S/C17H19FN2O2S2/c18-13-7-5-12(6-8-13)17-19-16(11-23-17)24(21,22)20(15-9-10-15)14-3-1-2-4-14/h5-8,11,14-15H,1-4,9-10H2. The van der Waals surface area contributed by atoms with Gasteiger partial charge in [0.05, 0.1) is 0 Å². The molecule has 0 N–H and O–H groups in total. The Morgan fingerprint density at radius 3 is 2.29 bits per heavy atom. The van der Waals surface area contributed by atoms with E-state index in [1.165, 1.54) is 23.5 Å². The highest BCUT2D eigenvalue weighted by Gasteiger charge is 2.44. The van der Waals surface area contributed by atoms with Crippen molar-refractivity contribution in [2.45, 2.75) is 55.6 Å². The van der Waals surface area contributed by atoms with Gasteiger partial charge in [0, 0.05) is 23.0 Å². The van der Waals surface area contributed by atoms with Gasteiger partial charge in [0.2, 0.25) is 0 Å². The van der Waals surface area contributed by atoms with E-state index in [4.69, 9.17) is 0 Å². The van der Waals surface area contributed by atoms with Gasteiger partial charge in [-0.15, -0.1) is 11.3 Å². The molecule has 2 aliphatic carbocycles. The first-order chi connectivity index (χ1) is 11.6. The van der Waals surface area contributed by atoms with Crippen molar-refractivity contribution in [2.75, 3.05) is 0 Å². The third-order valence-corrected chi connectivity index (χ3v) is 7.64. The maximum Gasteiger partial charge on any atom is 0.261 e. The number of thiazole rings is 1. The summed E-state index contributed by atoms with van der Waals surface area (Å²) in [6.45, 7) is 0. The molecule has 2 aromatic rings. The number of halogens is 1. The summed E-state index contributed by atoms with van der Waals surface area (Å²) in [6, 6.07) is 6.24. The summed E-state index contributed by atoms with van der Waals surface area (Å²) < 4.78 is 41.0. The van der Waals surface area contributed by atoms with Crippen molar-refractivity contribution in [3.63, 3.8) is 0 Å². The highest BCUT2D eigenvalue weighted by atomic mass is 32.2. The Kier molecular flexibility index (Phi) is 4.18. The van der Waals surface area contributed by atoms with E-state index < -0.39 is 10.0 Å². The highest BCUT2D eigenvalue weighted by Crippen LogP contribution is 2.39. The maximum atomic E-state index is 13.1. The van der Waals surface area contributed by atoms with E-state index in [2.05, 4.69) is 4.98 Å². The molecule has 24 heavy (non-hydrogen) atoms. The minimum atomic E-state index is -3.56. The summed E-state index contributed by atoms with van der Waals surface area (Å²) in [5.74, 6) is -0.315. The smallest absolute Gasteiger partial charge is 0.223 e. The molecule has 4 rings (SSSR count). The van der Waals surface area contributed by atoms with E-state index in [0.29, 0.717) is 5.01 Å². The molecular formula is C17H19FN2O2S2. The van der Waals surface area contributed by atoms with Gasteiger partial charge in [-0.25, -0.2) is 17.8 Å². The lowest BCUT2D eigenvalue weighted by Gasteiger charge is -2.27. The second kappa shape index (κ2) is 6.20. The lowest BCUT2D eigenvalue weighted by atomic mass is 10.2. The molecular weight excluding hydrogens is 347 g/mol.